The number of phenolic OH excluding ortho intramolecular Hbond substituents is 1. The molecule has 0 saturated carbocycles. The lowest BCUT2D eigenvalue weighted by molar-refractivity contribution is -0.293. The van der Waals surface area contributed by atoms with E-state index in [0.29, 0.717) is 0 Å². The number of ketones is 2. The number of epoxide rings is 1. The van der Waals surface area contributed by atoms with Gasteiger partial charge in [0, 0.05) is 60.9 Å². The molecule has 3 aromatic rings. The zero-order valence-electron chi connectivity index (χ0n) is 37.5. The number of nitrogens with one attached hydrogen (secondary N) is 1. The molecule has 348 valence electrons. The highest BCUT2D eigenvalue weighted by Crippen LogP contribution is 2.50. The van der Waals surface area contributed by atoms with Crippen molar-refractivity contribution in [3.63, 3.8) is 0 Å². The first-order chi connectivity index (χ1) is 30.2. The van der Waals surface area contributed by atoms with Crippen molar-refractivity contribution in [3.05, 3.63) is 73.6 Å². The van der Waals surface area contributed by atoms with Crippen LogP contribution in [0.2, 0.25) is 0 Å². The van der Waals surface area contributed by atoms with Crippen LogP contribution in [0, 0.1) is 0 Å². The summed E-state index contributed by atoms with van der Waals surface area (Å²) in [5, 5.41) is 49.0. The Morgan fingerprint density at radius 1 is 0.859 bits per heavy atom. The number of carbonyl (C=O) groups is 3. The van der Waals surface area contributed by atoms with Crippen molar-refractivity contribution in [1.82, 2.24) is 5.32 Å². The van der Waals surface area contributed by atoms with Gasteiger partial charge in [0.05, 0.1) is 66.4 Å². The number of aromatic hydroxyl groups is 1. The number of hydrogen-bond acceptors (Lipinski definition) is 18. The number of rotatable bonds is 10. The van der Waals surface area contributed by atoms with E-state index in [-0.39, 0.29) is 52.8 Å². The van der Waals surface area contributed by atoms with Gasteiger partial charge in [-0.25, -0.2) is 4.79 Å². The molecule has 64 heavy (non-hydrogen) atoms. The zero-order valence-corrected chi connectivity index (χ0v) is 37.5. The number of esters is 1. The van der Waals surface area contributed by atoms with Gasteiger partial charge in [0.15, 0.2) is 23.1 Å². The third-order valence-electron chi connectivity index (χ3n) is 14.4. The molecule has 0 bridgehead atoms. The third kappa shape index (κ3) is 7.13. The molecule has 1 aliphatic carbocycles. The van der Waals surface area contributed by atoms with E-state index in [1.54, 1.807) is 27.8 Å². The molecule has 18 heteroatoms. The van der Waals surface area contributed by atoms with Gasteiger partial charge in [-0.1, -0.05) is 6.07 Å². The molecule has 0 spiro atoms. The molecule has 1 aromatic heterocycles. The summed E-state index contributed by atoms with van der Waals surface area (Å²) in [5.41, 5.74) is -7.45. The minimum Gasteiger partial charge on any atom is -0.507 e. The molecule has 5 heterocycles. The summed E-state index contributed by atoms with van der Waals surface area (Å²) < 4.78 is 53.3. The van der Waals surface area contributed by atoms with Crippen LogP contribution in [0.25, 0.3) is 11.0 Å². The van der Waals surface area contributed by atoms with Gasteiger partial charge < -0.3 is 68.1 Å². The highest BCUT2D eigenvalue weighted by molar-refractivity contribution is 6.32. The predicted octanol–water partition coefficient (Wildman–Crippen LogP) is 2.55. The fourth-order valence-corrected chi connectivity index (χ4v) is 10.1. The molecule has 5 N–H and O–H groups in total. The molecule has 4 saturated heterocycles. The van der Waals surface area contributed by atoms with E-state index in [9.17, 15) is 34.8 Å². The minimum absolute atomic E-state index is 0.0160. The van der Waals surface area contributed by atoms with Gasteiger partial charge in [-0.2, -0.15) is 0 Å². The topological polar surface area (TPSA) is 252 Å². The first kappa shape index (κ1) is 46.4. The van der Waals surface area contributed by atoms with E-state index in [4.69, 9.17) is 42.3 Å². The number of aliphatic hydroxyl groups excluding tert-OH is 2. The Bertz CT molecular complexity index is 2440. The molecular formula is C46H57NO17. The van der Waals surface area contributed by atoms with Crippen LogP contribution in [0.15, 0.2) is 33.5 Å². The van der Waals surface area contributed by atoms with Gasteiger partial charge in [-0.15, -0.1) is 0 Å². The molecule has 5 aliphatic rings. The lowest BCUT2D eigenvalue weighted by Gasteiger charge is -2.49. The van der Waals surface area contributed by atoms with Crippen LogP contribution in [0.4, 0.5) is 0 Å². The van der Waals surface area contributed by atoms with Crippen molar-refractivity contribution in [2.75, 3.05) is 28.4 Å². The Balaban J connectivity index is 1.23. The van der Waals surface area contributed by atoms with E-state index in [1.807, 2.05) is 13.8 Å². The first-order valence-corrected chi connectivity index (χ1v) is 21.5. The molecule has 0 unspecified atom stereocenters. The normalized spacial score (nSPS) is 37.1. The highest BCUT2D eigenvalue weighted by atomic mass is 16.7. The van der Waals surface area contributed by atoms with Gasteiger partial charge in [-0.3, -0.25) is 14.4 Å². The van der Waals surface area contributed by atoms with E-state index in [1.165, 1.54) is 33.3 Å². The Hall–Kier alpha value is -4.18. The van der Waals surface area contributed by atoms with E-state index < -0.39 is 135 Å². The summed E-state index contributed by atoms with van der Waals surface area (Å²) >= 11 is 0. The van der Waals surface area contributed by atoms with Crippen LogP contribution in [-0.2, 0) is 53.9 Å². The summed E-state index contributed by atoms with van der Waals surface area (Å²) in [7, 11) is 5.65. The summed E-state index contributed by atoms with van der Waals surface area (Å²) in [5.74, 6) is -3.43. The van der Waals surface area contributed by atoms with Crippen molar-refractivity contribution < 1.29 is 77.1 Å². The number of ether oxygens (including phenoxy) is 8. The second kappa shape index (κ2) is 16.6. The maximum Gasteiger partial charge on any atom is 0.345 e. The number of benzene rings is 2. The van der Waals surface area contributed by atoms with Crippen LogP contribution in [0.3, 0.4) is 0 Å². The Morgan fingerprint density at radius 3 is 2.11 bits per heavy atom. The highest BCUT2D eigenvalue weighted by Gasteiger charge is 2.57. The van der Waals surface area contributed by atoms with Crippen molar-refractivity contribution in [3.8, 4) is 5.75 Å². The Morgan fingerprint density at radius 2 is 1.50 bits per heavy atom. The molecule has 8 rings (SSSR count). The standard InChI is InChI=1S/C46H57NO17/c1-18-36(49)27(56-8)15-31(60-18)46(55,43(54)58-10)25-13-24-34(41-35(25)26(48)14-30(62-41)45(6)21(4)64-45)40(53)33-23(38(24)51)12-11-22(39(33)52)29-17-44(5,47-7)42(20(3)59-29)63-32-16-28(57-9)37(50)19(2)61-32/h11-14,18-21,27-29,31-32,36-37,42,47,49-50,52,55H,15-17H2,1-10H3/t18-,19+,20+,21-,27+,28-,29-,31+,32+,36-,37-,42-,44-,45-,46+/m0/s1. The minimum atomic E-state index is -2.82. The number of carbonyl (C=O) groups excluding carboxylic acids is 3. The molecular weight excluding hydrogens is 838 g/mol. The van der Waals surface area contributed by atoms with Crippen molar-refractivity contribution >= 4 is 28.5 Å². The monoisotopic (exact) mass is 895 g/mol. The lowest BCUT2D eigenvalue weighted by Crippen LogP contribution is -2.62. The number of hydrogen-bond donors (Lipinski definition) is 5. The molecule has 0 amide bonds. The maximum atomic E-state index is 15.1. The predicted molar refractivity (Wildman–Crippen MR) is 223 cm³/mol. The molecule has 4 fully saturated rings. The largest absolute Gasteiger partial charge is 0.507 e. The number of aliphatic hydroxyl groups is 3. The number of methoxy groups -OCH3 is 3. The molecule has 4 aliphatic heterocycles. The fourth-order valence-electron chi connectivity index (χ4n) is 10.1. The summed E-state index contributed by atoms with van der Waals surface area (Å²) in [4.78, 5) is 58.3. The molecule has 2 aromatic carbocycles. The van der Waals surface area contributed by atoms with Gasteiger partial charge in [0.1, 0.15) is 41.5 Å². The quantitative estimate of drug-likeness (QED) is 0.113. The van der Waals surface area contributed by atoms with Gasteiger partial charge in [0.25, 0.3) is 0 Å². The SMILES string of the molecule is CN[C@@]1(C)C[C@@H](c2ccc3c(c2O)C(=O)c2c(cc([C@](O)(C(=O)OC)[C@H]4C[C@@H](OC)[C@@H](O)[C@H](C)O4)c4c(=O)cc([C@@]5(C)O[C@H]5C)oc24)C3=O)O[C@H](C)[C@@H]1O[C@@H]1C[C@H](OC)[C@@H](O)[C@@H](C)O1. The van der Waals surface area contributed by atoms with E-state index in [2.05, 4.69) is 5.32 Å². The van der Waals surface area contributed by atoms with Gasteiger partial charge in [-0.05, 0) is 67.1 Å². The van der Waals surface area contributed by atoms with Crippen LogP contribution >= 0.6 is 0 Å². The first-order valence-electron chi connectivity index (χ1n) is 21.5. The molecule has 18 nitrogen and oxygen atoms in total. The van der Waals surface area contributed by atoms with Crippen molar-refractivity contribution in [1.29, 1.82) is 0 Å². The zero-order chi connectivity index (χ0) is 46.5. The van der Waals surface area contributed by atoms with Crippen molar-refractivity contribution in [2.45, 2.75) is 151 Å². The number of phenols is 1. The Labute approximate surface area is 369 Å². The molecule has 15 atom stereocenters. The second-order valence-electron chi connectivity index (χ2n) is 18.1. The Kier molecular flexibility index (Phi) is 12.0. The van der Waals surface area contributed by atoms with Crippen LogP contribution in [0.1, 0.15) is 116 Å². The molecule has 0 radical (unpaired) electrons. The van der Waals surface area contributed by atoms with Crippen molar-refractivity contribution in [2.24, 2.45) is 0 Å². The third-order valence-corrected chi connectivity index (χ3v) is 14.4. The lowest BCUT2D eigenvalue weighted by atomic mass is 9.75. The van der Waals surface area contributed by atoms with Crippen LogP contribution in [0.5, 0.6) is 5.75 Å². The van der Waals surface area contributed by atoms with Crippen LogP contribution < -0.4 is 10.7 Å². The summed E-state index contributed by atoms with van der Waals surface area (Å²) in [6.45, 7) is 10.4. The van der Waals surface area contributed by atoms with Gasteiger partial charge in [0.2, 0.25) is 11.4 Å². The number of fused-ring (bicyclic) bond motifs is 4. The fraction of sp³-hybridized carbons (Fsp3) is 0.609. The smallest absolute Gasteiger partial charge is 0.345 e. The summed E-state index contributed by atoms with van der Waals surface area (Å²) in [6, 6.07) is 5.13. The van der Waals surface area contributed by atoms with Crippen LogP contribution in [-0.4, -0.2) is 139 Å². The average molecular weight is 896 g/mol. The second-order valence-corrected chi connectivity index (χ2v) is 18.1. The summed E-state index contributed by atoms with van der Waals surface area (Å²) in [6.07, 6.45) is -9.37. The van der Waals surface area contributed by atoms with E-state index >= 15 is 4.79 Å². The van der Waals surface area contributed by atoms with Gasteiger partial charge >= 0.3 is 5.97 Å². The average Bonchev–Trinajstić information content (AvgIpc) is 3.90. The number of likely N-dealkylation sites (N-methyl/N-ethyl adjacent to an activating group) is 1. The van der Waals surface area contributed by atoms with E-state index in [0.717, 1.165) is 19.2 Å². The maximum absolute atomic E-state index is 15.1.